The summed E-state index contributed by atoms with van der Waals surface area (Å²) in [5, 5.41) is 1.29. The van der Waals surface area contributed by atoms with Crippen molar-refractivity contribution in [3.8, 4) is 33.4 Å². The second-order valence-electron chi connectivity index (χ2n) is 14.2. The van der Waals surface area contributed by atoms with Crippen LogP contribution in [0, 0.1) is 6.92 Å². The van der Waals surface area contributed by atoms with Crippen molar-refractivity contribution in [3.05, 3.63) is 208 Å². The fraction of sp³-hybridized carbons (Fsp3) is 0.100. The van der Waals surface area contributed by atoms with Gasteiger partial charge in [-0.15, -0.1) is 11.3 Å². The van der Waals surface area contributed by atoms with Crippen molar-refractivity contribution >= 4 is 32.7 Å². The lowest BCUT2D eigenvalue weighted by atomic mass is 9.69. The molecule has 248 valence electrons. The minimum Gasteiger partial charge on any atom is -0.284 e. The highest BCUT2D eigenvalue weighted by molar-refractivity contribution is 7.20. The van der Waals surface area contributed by atoms with E-state index in [9.17, 15) is 0 Å². The van der Waals surface area contributed by atoms with Gasteiger partial charge < -0.3 is 0 Å². The zero-order chi connectivity index (χ0) is 34.8. The Bertz CT molecular complexity index is 2650. The number of allylic oxidation sites excluding steroid dienone is 4. The van der Waals surface area contributed by atoms with Gasteiger partial charge in [0.05, 0.1) is 11.1 Å². The first kappa shape index (κ1) is 30.9. The van der Waals surface area contributed by atoms with Crippen molar-refractivity contribution in [1.29, 1.82) is 0 Å². The molecule has 1 aliphatic heterocycles. The number of thiophene rings is 1. The van der Waals surface area contributed by atoms with Crippen LogP contribution in [0.1, 0.15) is 51.6 Å². The number of fused-ring (bicyclic) bond motifs is 8. The number of benzene rings is 6. The standard InChI is InChI=1S/C50H37NS/c1-3-10-43-49(48-31-38-11-4-7-15-47(38)52-48)41-12-5-6-13-42(41)50(43)44-29-36(33-18-16-32(2)17-19-33)24-26-39(44)40-27-25-37(30-45(40)50)34-20-22-35(23-21-34)46-14-8-9-28-51-46/h3-8,10-27,29-31H,9,28H2,1-2H3/b10-3-. The molecule has 0 bridgehead atoms. The lowest BCUT2D eigenvalue weighted by Crippen LogP contribution is -2.27. The van der Waals surface area contributed by atoms with E-state index in [4.69, 9.17) is 4.99 Å². The molecule has 0 amide bonds. The summed E-state index contributed by atoms with van der Waals surface area (Å²) in [7, 11) is 0. The van der Waals surface area contributed by atoms with E-state index in [1.807, 2.05) is 11.3 Å². The number of dihydropyridines is 1. The van der Waals surface area contributed by atoms with Crippen LogP contribution < -0.4 is 0 Å². The van der Waals surface area contributed by atoms with Crippen LogP contribution in [-0.2, 0) is 5.41 Å². The number of rotatable bonds is 5. The molecule has 7 aromatic rings. The molecule has 52 heavy (non-hydrogen) atoms. The lowest BCUT2D eigenvalue weighted by Gasteiger charge is -2.32. The number of nitrogens with zero attached hydrogens (tertiary/aromatic N) is 1. The number of hydrogen-bond acceptors (Lipinski definition) is 2. The third kappa shape index (κ3) is 4.64. The average Bonchev–Trinajstić information content (AvgIpc) is 3.84. The highest BCUT2D eigenvalue weighted by atomic mass is 32.1. The molecule has 0 N–H and O–H groups in total. The van der Waals surface area contributed by atoms with Crippen LogP contribution in [0.15, 0.2) is 174 Å². The van der Waals surface area contributed by atoms with Crippen molar-refractivity contribution in [1.82, 2.24) is 0 Å². The first-order valence-electron chi connectivity index (χ1n) is 18.3. The number of aliphatic imine (C=N–C) groups is 1. The molecule has 1 nitrogen and oxygen atoms in total. The minimum absolute atomic E-state index is 0.489. The summed E-state index contributed by atoms with van der Waals surface area (Å²) in [6, 6.07) is 52.7. The van der Waals surface area contributed by atoms with E-state index < -0.39 is 5.41 Å². The van der Waals surface area contributed by atoms with E-state index >= 15 is 0 Å². The largest absolute Gasteiger partial charge is 0.284 e. The first-order valence-corrected chi connectivity index (χ1v) is 19.1. The summed E-state index contributed by atoms with van der Waals surface area (Å²) >= 11 is 1.90. The van der Waals surface area contributed by atoms with Gasteiger partial charge in [-0.2, -0.15) is 0 Å². The minimum atomic E-state index is -0.489. The van der Waals surface area contributed by atoms with Gasteiger partial charge >= 0.3 is 0 Å². The molecule has 1 aromatic heterocycles. The third-order valence-corrected chi connectivity index (χ3v) is 12.3. The van der Waals surface area contributed by atoms with Crippen LogP contribution in [-0.4, -0.2) is 12.3 Å². The van der Waals surface area contributed by atoms with Gasteiger partial charge in [0.25, 0.3) is 0 Å². The van der Waals surface area contributed by atoms with E-state index in [0.29, 0.717) is 0 Å². The maximum absolute atomic E-state index is 4.77. The molecular formula is C50H37NS. The molecule has 3 aliphatic rings. The molecule has 10 rings (SSSR count). The normalized spacial score (nSPS) is 17.2. The zero-order valence-corrected chi connectivity index (χ0v) is 30.2. The summed E-state index contributed by atoms with van der Waals surface area (Å²) < 4.78 is 1.32. The topological polar surface area (TPSA) is 12.4 Å². The van der Waals surface area contributed by atoms with Crippen molar-refractivity contribution < 1.29 is 0 Å². The van der Waals surface area contributed by atoms with Crippen LogP contribution in [0.5, 0.6) is 0 Å². The molecule has 0 radical (unpaired) electrons. The zero-order valence-electron chi connectivity index (χ0n) is 29.4. The molecule has 2 heterocycles. The molecule has 2 aliphatic carbocycles. The Balaban J connectivity index is 1.25. The molecule has 1 spiro atoms. The van der Waals surface area contributed by atoms with Crippen molar-refractivity contribution in [3.63, 3.8) is 0 Å². The fourth-order valence-corrected chi connectivity index (χ4v) is 9.93. The highest BCUT2D eigenvalue weighted by Gasteiger charge is 2.52. The Morgan fingerprint density at radius 2 is 1.25 bits per heavy atom. The van der Waals surface area contributed by atoms with Gasteiger partial charge in [-0.25, -0.2) is 0 Å². The predicted molar refractivity (Wildman–Crippen MR) is 222 cm³/mol. The van der Waals surface area contributed by atoms with Gasteiger partial charge in [0.1, 0.15) is 0 Å². The van der Waals surface area contributed by atoms with E-state index in [2.05, 4.69) is 178 Å². The Morgan fingerprint density at radius 3 is 1.92 bits per heavy atom. The molecule has 2 heteroatoms. The number of aryl methyl sites for hydroxylation is 1. The van der Waals surface area contributed by atoms with E-state index in [-0.39, 0.29) is 0 Å². The van der Waals surface area contributed by atoms with Crippen molar-refractivity contribution in [2.75, 3.05) is 6.54 Å². The highest BCUT2D eigenvalue weighted by Crippen LogP contribution is 2.64. The Morgan fingerprint density at radius 1 is 0.615 bits per heavy atom. The van der Waals surface area contributed by atoms with Crippen molar-refractivity contribution in [2.24, 2.45) is 4.99 Å². The molecule has 0 saturated heterocycles. The average molecular weight is 684 g/mol. The molecule has 1 atom stereocenters. The predicted octanol–water partition coefficient (Wildman–Crippen LogP) is 13.0. The summed E-state index contributed by atoms with van der Waals surface area (Å²) in [5.74, 6) is 0. The summed E-state index contributed by atoms with van der Waals surface area (Å²) in [5.41, 5.74) is 18.6. The van der Waals surface area contributed by atoms with Gasteiger partial charge in [0.15, 0.2) is 0 Å². The maximum atomic E-state index is 4.77. The molecule has 0 saturated carbocycles. The van der Waals surface area contributed by atoms with E-state index in [0.717, 1.165) is 18.7 Å². The Hall–Kier alpha value is -5.83. The Kier molecular flexibility index (Phi) is 7.23. The smallest absolute Gasteiger partial charge is 0.0726 e. The summed E-state index contributed by atoms with van der Waals surface area (Å²) in [6.45, 7) is 5.18. The van der Waals surface area contributed by atoms with Crippen molar-refractivity contribution in [2.45, 2.75) is 25.7 Å². The fourth-order valence-electron chi connectivity index (χ4n) is 8.79. The molecule has 1 unspecified atom stereocenters. The SMILES string of the molecule is C/C=C\C1=C(c2cc3ccccc3s2)c2ccccc2C12c1cc(-c3ccc(C)cc3)ccc1-c1ccc(-c3ccc(C4=NCCC=C4)cc3)cc12. The van der Waals surface area contributed by atoms with Crippen LogP contribution in [0.3, 0.4) is 0 Å². The maximum Gasteiger partial charge on any atom is 0.0726 e. The van der Waals surface area contributed by atoms with Gasteiger partial charge in [-0.1, -0.05) is 139 Å². The molecule has 6 aromatic carbocycles. The Labute approximate surface area is 309 Å². The first-order chi connectivity index (χ1) is 25.6. The van der Waals surface area contributed by atoms with Gasteiger partial charge in [-0.05, 0) is 123 Å². The molecule has 0 fully saturated rings. The van der Waals surface area contributed by atoms with Crippen LogP contribution in [0.4, 0.5) is 0 Å². The van der Waals surface area contributed by atoms with Gasteiger partial charge in [-0.3, -0.25) is 4.99 Å². The summed E-state index contributed by atoms with van der Waals surface area (Å²) in [4.78, 5) is 6.08. The van der Waals surface area contributed by atoms with Gasteiger partial charge in [0.2, 0.25) is 0 Å². The van der Waals surface area contributed by atoms with E-state index in [1.165, 1.54) is 92.9 Å². The second kappa shape index (κ2) is 12.1. The lowest BCUT2D eigenvalue weighted by molar-refractivity contribution is 0.786. The van der Waals surface area contributed by atoms with Crippen LogP contribution >= 0.6 is 11.3 Å². The monoisotopic (exact) mass is 683 g/mol. The van der Waals surface area contributed by atoms with Crippen LogP contribution in [0.25, 0.3) is 49.0 Å². The quantitative estimate of drug-likeness (QED) is 0.171. The van der Waals surface area contributed by atoms with E-state index in [1.54, 1.807) is 0 Å². The number of hydrogen-bond donors (Lipinski definition) is 0. The van der Waals surface area contributed by atoms with Gasteiger partial charge in [0, 0.05) is 21.7 Å². The summed E-state index contributed by atoms with van der Waals surface area (Å²) in [6.07, 6.45) is 10.0. The third-order valence-electron chi connectivity index (χ3n) is 11.2. The van der Waals surface area contributed by atoms with Crippen LogP contribution in [0.2, 0.25) is 0 Å². The molecular weight excluding hydrogens is 647 g/mol. The second-order valence-corrected chi connectivity index (χ2v) is 15.2.